The zero-order chi connectivity index (χ0) is 14.7. The van der Waals surface area contributed by atoms with E-state index in [0.29, 0.717) is 0 Å². The molecule has 1 amide bonds. The van der Waals surface area contributed by atoms with Crippen molar-refractivity contribution in [1.82, 2.24) is 9.88 Å². The van der Waals surface area contributed by atoms with Crippen LogP contribution in [-0.2, 0) is 0 Å². The van der Waals surface area contributed by atoms with Gasteiger partial charge in [-0.25, -0.2) is 4.98 Å². The van der Waals surface area contributed by atoms with Crippen molar-refractivity contribution in [3.63, 3.8) is 0 Å². The van der Waals surface area contributed by atoms with Crippen LogP contribution in [0.5, 0.6) is 0 Å². The molecule has 0 saturated carbocycles. The summed E-state index contributed by atoms with van der Waals surface area (Å²) in [4.78, 5) is 21.8. The van der Waals surface area contributed by atoms with Crippen molar-refractivity contribution < 1.29 is 4.79 Å². The molecule has 1 aliphatic heterocycles. The van der Waals surface area contributed by atoms with Crippen LogP contribution in [0.3, 0.4) is 0 Å². The SMILES string of the molecule is CN(C(=O)c1cccs1)[C@@H]1CCCN(c2ccccn2)C1. The number of thiophene rings is 1. The molecule has 1 saturated heterocycles. The Kier molecular flexibility index (Phi) is 4.20. The maximum Gasteiger partial charge on any atom is 0.263 e. The minimum Gasteiger partial charge on any atom is -0.355 e. The molecule has 1 fully saturated rings. The predicted molar refractivity (Wildman–Crippen MR) is 85.9 cm³/mol. The van der Waals surface area contributed by atoms with Gasteiger partial charge in [0.1, 0.15) is 5.82 Å². The number of amides is 1. The second kappa shape index (κ2) is 6.26. The average Bonchev–Trinajstić information content (AvgIpc) is 3.09. The summed E-state index contributed by atoms with van der Waals surface area (Å²) in [6.45, 7) is 1.86. The zero-order valence-electron chi connectivity index (χ0n) is 12.1. The van der Waals surface area contributed by atoms with Crippen LogP contribution >= 0.6 is 11.3 Å². The molecule has 0 spiro atoms. The summed E-state index contributed by atoms with van der Waals surface area (Å²) < 4.78 is 0. The highest BCUT2D eigenvalue weighted by molar-refractivity contribution is 7.12. The van der Waals surface area contributed by atoms with E-state index >= 15 is 0 Å². The van der Waals surface area contributed by atoms with Crippen LogP contribution in [0.1, 0.15) is 22.5 Å². The van der Waals surface area contributed by atoms with Gasteiger partial charge in [-0.2, -0.15) is 0 Å². The highest BCUT2D eigenvalue weighted by Gasteiger charge is 2.27. The summed E-state index contributed by atoms with van der Waals surface area (Å²) in [7, 11) is 1.91. The molecule has 0 unspecified atom stereocenters. The third-order valence-electron chi connectivity index (χ3n) is 3.97. The molecule has 110 valence electrons. The molecular weight excluding hydrogens is 282 g/mol. The van der Waals surface area contributed by atoms with Gasteiger partial charge in [0.25, 0.3) is 5.91 Å². The van der Waals surface area contributed by atoms with Crippen LogP contribution in [0.25, 0.3) is 0 Å². The van der Waals surface area contributed by atoms with Gasteiger partial charge in [0, 0.05) is 32.4 Å². The second-order valence-corrected chi connectivity index (χ2v) is 6.27. The normalized spacial score (nSPS) is 18.5. The van der Waals surface area contributed by atoms with Crippen molar-refractivity contribution in [2.24, 2.45) is 0 Å². The van der Waals surface area contributed by atoms with Gasteiger partial charge in [0.2, 0.25) is 0 Å². The first-order chi connectivity index (χ1) is 10.3. The van der Waals surface area contributed by atoms with Gasteiger partial charge in [-0.15, -0.1) is 11.3 Å². The topological polar surface area (TPSA) is 36.4 Å². The van der Waals surface area contributed by atoms with E-state index < -0.39 is 0 Å². The summed E-state index contributed by atoms with van der Waals surface area (Å²) in [6.07, 6.45) is 3.96. The number of carbonyl (C=O) groups is 1. The van der Waals surface area contributed by atoms with E-state index in [4.69, 9.17) is 0 Å². The quantitative estimate of drug-likeness (QED) is 0.874. The molecule has 2 aromatic rings. The highest BCUT2D eigenvalue weighted by atomic mass is 32.1. The van der Waals surface area contributed by atoms with Crippen molar-refractivity contribution in [3.8, 4) is 0 Å². The lowest BCUT2D eigenvalue weighted by Gasteiger charge is -2.38. The van der Waals surface area contributed by atoms with Crippen LogP contribution in [0.2, 0.25) is 0 Å². The molecule has 21 heavy (non-hydrogen) atoms. The van der Waals surface area contributed by atoms with Gasteiger partial charge in [-0.1, -0.05) is 12.1 Å². The molecule has 0 aliphatic carbocycles. The van der Waals surface area contributed by atoms with E-state index in [2.05, 4.69) is 9.88 Å². The van der Waals surface area contributed by atoms with Crippen LogP contribution in [0, 0.1) is 0 Å². The molecule has 2 aromatic heterocycles. The number of hydrogen-bond donors (Lipinski definition) is 0. The Labute approximate surface area is 129 Å². The lowest BCUT2D eigenvalue weighted by Crippen LogP contribution is -2.48. The summed E-state index contributed by atoms with van der Waals surface area (Å²) >= 11 is 1.50. The maximum absolute atomic E-state index is 12.5. The van der Waals surface area contributed by atoms with Gasteiger partial charge < -0.3 is 9.80 Å². The third-order valence-corrected chi connectivity index (χ3v) is 4.83. The minimum atomic E-state index is 0.123. The smallest absolute Gasteiger partial charge is 0.263 e. The third kappa shape index (κ3) is 3.08. The fraction of sp³-hybridized carbons (Fsp3) is 0.375. The molecule has 0 N–H and O–H groups in total. The molecule has 1 atom stereocenters. The number of aromatic nitrogens is 1. The molecular formula is C16H19N3OS. The first kappa shape index (κ1) is 14.1. The Balaban J connectivity index is 1.70. The Morgan fingerprint density at radius 2 is 2.29 bits per heavy atom. The summed E-state index contributed by atoms with van der Waals surface area (Å²) in [6, 6.07) is 10.0. The van der Waals surface area contributed by atoms with Gasteiger partial charge in [0.05, 0.1) is 4.88 Å². The molecule has 0 aromatic carbocycles. The van der Waals surface area contributed by atoms with Crippen LogP contribution in [0.4, 0.5) is 5.82 Å². The van der Waals surface area contributed by atoms with Crippen molar-refractivity contribution in [2.75, 3.05) is 25.0 Å². The standard InChI is InChI=1S/C16H19N3OS/c1-18(16(20)14-7-5-11-21-14)13-6-4-10-19(12-13)15-8-2-3-9-17-15/h2-3,5,7-9,11,13H,4,6,10,12H2,1H3/t13-/m1/s1. The molecule has 3 rings (SSSR count). The second-order valence-electron chi connectivity index (χ2n) is 5.32. The number of rotatable bonds is 3. The van der Waals surface area contributed by atoms with Gasteiger partial charge in [-0.3, -0.25) is 4.79 Å². The highest BCUT2D eigenvalue weighted by Crippen LogP contribution is 2.22. The predicted octanol–water partition coefficient (Wildman–Crippen LogP) is 2.88. The molecule has 1 aliphatic rings. The first-order valence-electron chi connectivity index (χ1n) is 7.22. The Bertz CT molecular complexity index is 585. The van der Waals surface area contributed by atoms with E-state index in [1.165, 1.54) is 11.3 Å². The summed E-state index contributed by atoms with van der Waals surface area (Å²) in [5, 5.41) is 1.95. The molecule has 3 heterocycles. The van der Waals surface area contributed by atoms with Crippen LogP contribution < -0.4 is 4.90 Å². The fourth-order valence-electron chi connectivity index (χ4n) is 2.76. The van der Waals surface area contributed by atoms with E-state index in [-0.39, 0.29) is 11.9 Å². The lowest BCUT2D eigenvalue weighted by atomic mass is 10.0. The average molecular weight is 301 g/mol. The number of piperidine rings is 1. The van der Waals surface area contributed by atoms with E-state index in [0.717, 1.165) is 36.6 Å². The van der Waals surface area contributed by atoms with Crippen LogP contribution in [0.15, 0.2) is 41.9 Å². The monoisotopic (exact) mass is 301 g/mol. The van der Waals surface area contributed by atoms with E-state index in [1.807, 2.05) is 53.9 Å². The van der Waals surface area contributed by atoms with Gasteiger partial charge in [0.15, 0.2) is 0 Å². The number of pyridine rings is 1. The lowest BCUT2D eigenvalue weighted by molar-refractivity contribution is 0.0722. The van der Waals surface area contributed by atoms with Crippen molar-refractivity contribution in [3.05, 3.63) is 46.8 Å². The Hall–Kier alpha value is -1.88. The van der Waals surface area contributed by atoms with E-state index in [9.17, 15) is 4.79 Å². The molecule has 5 heteroatoms. The number of hydrogen-bond acceptors (Lipinski definition) is 4. The maximum atomic E-state index is 12.5. The number of likely N-dealkylation sites (N-methyl/N-ethyl adjacent to an activating group) is 1. The van der Waals surface area contributed by atoms with Gasteiger partial charge in [-0.05, 0) is 36.4 Å². The van der Waals surface area contributed by atoms with Crippen molar-refractivity contribution in [1.29, 1.82) is 0 Å². The molecule has 4 nitrogen and oxygen atoms in total. The summed E-state index contributed by atoms with van der Waals surface area (Å²) in [5.41, 5.74) is 0. The molecule has 0 bridgehead atoms. The van der Waals surface area contributed by atoms with Gasteiger partial charge >= 0.3 is 0 Å². The largest absolute Gasteiger partial charge is 0.355 e. The number of anilines is 1. The number of carbonyl (C=O) groups excluding carboxylic acids is 1. The Morgan fingerprint density at radius 3 is 3.00 bits per heavy atom. The minimum absolute atomic E-state index is 0.123. The Morgan fingerprint density at radius 1 is 1.38 bits per heavy atom. The first-order valence-corrected chi connectivity index (χ1v) is 8.10. The summed E-state index contributed by atoms with van der Waals surface area (Å²) in [5.74, 6) is 1.12. The van der Waals surface area contributed by atoms with Crippen molar-refractivity contribution >= 4 is 23.1 Å². The fourth-order valence-corrected chi connectivity index (χ4v) is 3.47. The van der Waals surface area contributed by atoms with Crippen LogP contribution in [-0.4, -0.2) is 42.0 Å². The number of nitrogens with zero attached hydrogens (tertiary/aromatic N) is 3. The van der Waals surface area contributed by atoms with Crippen molar-refractivity contribution in [2.45, 2.75) is 18.9 Å². The van der Waals surface area contributed by atoms with E-state index in [1.54, 1.807) is 0 Å². The zero-order valence-corrected chi connectivity index (χ0v) is 12.9. The molecule has 0 radical (unpaired) electrons.